The summed E-state index contributed by atoms with van der Waals surface area (Å²) < 4.78 is 11.0. The van der Waals surface area contributed by atoms with Crippen LogP contribution in [0.5, 0.6) is 0 Å². The number of morpholine rings is 2. The Labute approximate surface area is 157 Å². The van der Waals surface area contributed by atoms with Crippen LogP contribution in [0.15, 0.2) is 22.5 Å². The molecule has 0 aromatic rings. The second kappa shape index (κ2) is 8.57. The van der Waals surface area contributed by atoms with E-state index in [9.17, 15) is 4.79 Å². The van der Waals surface area contributed by atoms with E-state index in [2.05, 4.69) is 9.80 Å². The van der Waals surface area contributed by atoms with Gasteiger partial charge in [-0.2, -0.15) is 0 Å². The molecule has 2 heterocycles. The minimum Gasteiger partial charge on any atom is -0.378 e. The summed E-state index contributed by atoms with van der Waals surface area (Å²) in [6, 6.07) is 0. The Morgan fingerprint density at radius 3 is 1.42 bits per heavy atom. The minimum atomic E-state index is 0.354. The van der Waals surface area contributed by atoms with E-state index in [4.69, 9.17) is 9.47 Å². The summed E-state index contributed by atoms with van der Waals surface area (Å²) in [7, 11) is 0. The molecule has 0 amide bonds. The highest BCUT2D eigenvalue weighted by molar-refractivity contribution is 6.09. The predicted octanol–water partition coefficient (Wildman–Crippen LogP) is 2.88. The van der Waals surface area contributed by atoms with Crippen molar-refractivity contribution in [2.24, 2.45) is 0 Å². The fourth-order valence-corrected chi connectivity index (χ4v) is 4.81. The SMILES string of the molecule is O=C(C1=C(N2CCOCC2)CCCC1)C1=C(N2CCOCC2)CCCC1. The van der Waals surface area contributed by atoms with Crippen molar-refractivity contribution in [2.75, 3.05) is 52.6 Å². The maximum atomic E-state index is 13.6. The van der Waals surface area contributed by atoms with Gasteiger partial charge < -0.3 is 19.3 Å². The molecule has 5 nitrogen and oxygen atoms in total. The van der Waals surface area contributed by atoms with Crippen LogP contribution in [0.1, 0.15) is 51.4 Å². The van der Waals surface area contributed by atoms with Crippen molar-refractivity contribution in [1.29, 1.82) is 0 Å². The predicted molar refractivity (Wildman–Crippen MR) is 101 cm³/mol. The van der Waals surface area contributed by atoms with Crippen LogP contribution in [0.3, 0.4) is 0 Å². The van der Waals surface area contributed by atoms with Crippen LogP contribution in [0.4, 0.5) is 0 Å². The van der Waals surface area contributed by atoms with Gasteiger partial charge in [0.15, 0.2) is 5.78 Å². The Hall–Kier alpha value is -1.33. The number of rotatable bonds is 4. The smallest absolute Gasteiger partial charge is 0.188 e. The van der Waals surface area contributed by atoms with E-state index >= 15 is 0 Å². The molecule has 144 valence electrons. The normalized spacial score (nSPS) is 25.7. The minimum absolute atomic E-state index is 0.354. The quantitative estimate of drug-likeness (QED) is 0.771. The molecule has 2 aliphatic carbocycles. The van der Waals surface area contributed by atoms with Gasteiger partial charge in [-0.3, -0.25) is 4.79 Å². The van der Waals surface area contributed by atoms with Crippen LogP contribution in [0.2, 0.25) is 0 Å². The number of hydrogen-bond acceptors (Lipinski definition) is 5. The lowest BCUT2D eigenvalue weighted by molar-refractivity contribution is -0.113. The van der Waals surface area contributed by atoms with Crippen LogP contribution >= 0.6 is 0 Å². The second-order valence-corrected chi connectivity index (χ2v) is 7.79. The Kier molecular flexibility index (Phi) is 5.95. The van der Waals surface area contributed by atoms with Crippen molar-refractivity contribution in [1.82, 2.24) is 9.80 Å². The van der Waals surface area contributed by atoms with Crippen molar-refractivity contribution in [3.63, 3.8) is 0 Å². The third-order valence-corrected chi connectivity index (χ3v) is 6.21. The summed E-state index contributed by atoms with van der Waals surface area (Å²) in [6.07, 6.45) is 8.72. The molecule has 0 bridgehead atoms. The van der Waals surface area contributed by atoms with Gasteiger partial charge >= 0.3 is 0 Å². The molecule has 0 atom stereocenters. The van der Waals surface area contributed by atoms with Crippen LogP contribution in [0.25, 0.3) is 0 Å². The molecular weight excluding hydrogens is 328 g/mol. The Morgan fingerprint density at radius 2 is 1.00 bits per heavy atom. The monoisotopic (exact) mass is 360 g/mol. The maximum Gasteiger partial charge on any atom is 0.188 e. The zero-order valence-electron chi connectivity index (χ0n) is 15.9. The Morgan fingerprint density at radius 1 is 0.615 bits per heavy atom. The number of allylic oxidation sites excluding steroid dienone is 4. The number of ether oxygens (including phenoxy) is 2. The first-order valence-corrected chi connectivity index (χ1v) is 10.5. The summed E-state index contributed by atoms with van der Waals surface area (Å²) >= 11 is 0. The lowest BCUT2D eigenvalue weighted by Gasteiger charge is -2.37. The van der Waals surface area contributed by atoms with Gasteiger partial charge in [0.1, 0.15) is 0 Å². The number of ketones is 1. The van der Waals surface area contributed by atoms with Crippen LogP contribution in [-0.2, 0) is 14.3 Å². The number of Topliss-reactive ketones (excluding diaryl/α,β-unsaturated/α-hetero) is 1. The van der Waals surface area contributed by atoms with E-state index in [0.717, 1.165) is 102 Å². The van der Waals surface area contributed by atoms with Crippen LogP contribution in [0, 0.1) is 0 Å². The third kappa shape index (κ3) is 3.84. The molecule has 26 heavy (non-hydrogen) atoms. The molecule has 5 heteroatoms. The molecule has 0 radical (unpaired) electrons. The van der Waals surface area contributed by atoms with Gasteiger partial charge in [-0.25, -0.2) is 0 Å². The largest absolute Gasteiger partial charge is 0.378 e. The van der Waals surface area contributed by atoms with E-state index in [1.54, 1.807) is 0 Å². The van der Waals surface area contributed by atoms with Crippen molar-refractivity contribution in [3.8, 4) is 0 Å². The second-order valence-electron chi connectivity index (χ2n) is 7.79. The van der Waals surface area contributed by atoms with E-state index < -0.39 is 0 Å². The van der Waals surface area contributed by atoms with Gasteiger partial charge in [-0.15, -0.1) is 0 Å². The average Bonchev–Trinajstić information content (AvgIpc) is 2.74. The topological polar surface area (TPSA) is 42.0 Å². The first-order valence-electron chi connectivity index (χ1n) is 10.5. The average molecular weight is 360 g/mol. The fourth-order valence-electron chi connectivity index (χ4n) is 4.81. The van der Waals surface area contributed by atoms with E-state index in [-0.39, 0.29) is 0 Å². The van der Waals surface area contributed by atoms with E-state index in [1.165, 1.54) is 24.2 Å². The summed E-state index contributed by atoms with van der Waals surface area (Å²) in [5, 5.41) is 0. The molecule has 0 unspecified atom stereocenters. The fraction of sp³-hybridized carbons (Fsp3) is 0.762. The van der Waals surface area contributed by atoms with E-state index in [1.807, 2.05) is 0 Å². The van der Waals surface area contributed by atoms with Crippen LogP contribution in [-0.4, -0.2) is 68.2 Å². The van der Waals surface area contributed by atoms with Gasteiger partial charge in [-0.05, 0) is 51.4 Å². The molecular formula is C21H32N2O3. The zero-order chi connectivity index (χ0) is 17.8. The van der Waals surface area contributed by atoms with Gasteiger partial charge in [0, 0.05) is 48.7 Å². The molecule has 4 rings (SSSR count). The summed E-state index contributed by atoms with van der Waals surface area (Å²) in [4.78, 5) is 18.5. The number of carbonyl (C=O) groups excluding carboxylic acids is 1. The number of hydrogen-bond donors (Lipinski definition) is 0. The lowest BCUT2D eigenvalue weighted by Crippen LogP contribution is -2.39. The Balaban J connectivity index is 1.63. The number of carbonyl (C=O) groups is 1. The molecule has 4 aliphatic rings. The van der Waals surface area contributed by atoms with Gasteiger partial charge in [-0.1, -0.05) is 0 Å². The number of nitrogens with zero attached hydrogens (tertiary/aromatic N) is 2. The first kappa shape index (κ1) is 18.1. The molecule has 2 saturated heterocycles. The first-order chi connectivity index (χ1) is 12.8. The van der Waals surface area contributed by atoms with Crippen LogP contribution < -0.4 is 0 Å². The van der Waals surface area contributed by atoms with E-state index in [0.29, 0.717) is 5.78 Å². The zero-order valence-corrected chi connectivity index (χ0v) is 15.9. The molecule has 0 spiro atoms. The highest BCUT2D eigenvalue weighted by Crippen LogP contribution is 2.35. The van der Waals surface area contributed by atoms with Crippen molar-refractivity contribution in [3.05, 3.63) is 22.5 Å². The van der Waals surface area contributed by atoms with Crippen molar-refractivity contribution < 1.29 is 14.3 Å². The summed E-state index contributed by atoms with van der Waals surface area (Å²) in [5.41, 5.74) is 4.87. The molecule has 0 aromatic heterocycles. The Bertz CT molecular complexity index is 534. The highest BCUT2D eigenvalue weighted by Gasteiger charge is 2.30. The summed E-state index contributed by atoms with van der Waals surface area (Å²) in [6.45, 7) is 6.87. The van der Waals surface area contributed by atoms with Gasteiger partial charge in [0.25, 0.3) is 0 Å². The molecule has 0 N–H and O–H groups in total. The molecule has 2 aliphatic heterocycles. The maximum absolute atomic E-state index is 13.6. The van der Waals surface area contributed by atoms with Crippen molar-refractivity contribution >= 4 is 5.78 Å². The standard InChI is InChI=1S/C21H32N2O3/c24-21(17-5-1-3-7-19(17)22-9-13-25-14-10-22)18-6-2-4-8-20(18)23-11-15-26-16-12-23/h1-16H2. The third-order valence-electron chi connectivity index (χ3n) is 6.21. The lowest BCUT2D eigenvalue weighted by atomic mass is 9.84. The molecule has 0 aromatic carbocycles. The van der Waals surface area contributed by atoms with Crippen molar-refractivity contribution in [2.45, 2.75) is 51.4 Å². The molecule has 0 saturated carbocycles. The van der Waals surface area contributed by atoms with Gasteiger partial charge in [0.2, 0.25) is 0 Å². The summed E-state index contributed by atoms with van der Waals surface area (Å²) in [5.74, 6) is 0.354. The van der Waals surface area contributed by atoms with Gasteiger partial charge in [0.05, 0.1) is 26.4 Å². The molecule has 2 fully saturated rings. The highest BCUT2D eigenvalue weighted by atomic mass is 16.5.